The smallest absolute Gasteiger partial charge is 0.294 e. The van der Waals surface area contributed by atoms with Crippen LogP contribution >= 0.6 is 0 Å². The van der Waals surface area contributed by atoms with Crippen LogP contribution in [0.2, 0.25) is 0 Å². The molecule has 2 aromatic heterocycles. The second-order valence-electron chi connectivity index (χ2n) is 7.49. The molecule has 4 rings (SSSR count). The first-order valence-corrected chi connectivity index (χ1v) is 9.96. The zero-order chi connectivity index (χ0) is 24.4. The number of rotatable bonds is 6. The highest BCUT2D eigenvalue weighted by molar-refractivity contribution is 5.99. The molecular weight excluding hydrogens is 442 g/mol. The van der Waals surface area contributed by atoms with Gasteiger partial charge < -0.3 is 5.73 Å². The molecule has 2 heterocycles. The number of hydrazone groups is 1. The number of benzene rings is 2. The number of anilines is 1. The number of aromatic nitrogens is 5. The van der Waals surface area contributed by atoms with Crippen LogP contribution in [0.15, 0.2) is 46.1 Å². The molecule has 13 nitrogen and oxygen atoms in total. The van der Waals surface area contributed by atoms with E-state index in [1.54, 1.807) is 12.3 Å². The largest absolute Gasteiger partial charge is 0.378 e. The van der Waals surface area contributed by atoms with Crippen molar-refractivity contribution in [1.82, 2.24) is 30.7 Å². The molecule has 0 unspecified atom stereocenters. The van der Waals surface area contributed by atoms with Crippen LogP contribution in [0, 0.1) is 30.9 Å². The summed E-state index contributed by atoms with van der Waals surface area (Å²) in [4.78, 5) is 23.7. The predicted molar refractivity (Wildman–Crippen MR) is 121 cm³/mol. The van der Waals surface area contributed by atoms with E-state index in [0.29, 0.717) is 0 Å². The van der Waals surface area contributed by atoms with E-state index in [4.69, 9.17) is 5.73 Å². The van der Waals surface area contributed by atoms with Gasteiger partial charge in [-0.1, -0.05) is 35.0 Å². The van der Waals surface area contributed by atoms with Gasteiger partial charge in [-0.25, -0.2) is 10.1 Å². The molecule has 0 atom stereocenters. The summed E-state index contributed by atoms with van der Waals surface area (Å²) in [5.41, 5.74) is 12.2. The number of amides is 1. The van der Waals surface area contributed by atoms with E-state index in [-0.39, 0.29) is 34.3 Å². The summed E-state index contributed by atoms with van der Waals surface area (Å²) in [5.74, 6) is -0.823. The molecule has 0 aliphatic heterocycles. The average Bonchev–Trinajstić information content (AvgIpc) is 3.41. The minimum atomic E-state index is -0.693. The standard InChI is InChI=1S/C21H19N9O4/c1-11-7-12(2)16(13(3)8-11)10-23-25-21(31)17-18(14-5-4-6-15(9-14)30(32)33)29(28-24-17)20-19(22)26-34-27-20/h4-10H,1-3H3,(H2,22,26)(H,25,31)/b23-10-. The molecule has 2 aromatic carbocycles. The fourth-order valence-corrected chi connectivity index (χ4v) is 3.55. The third-order valence-electron chi connectivity index (χ3n) is 5.01. The Hall–Kier alpha value is -4.94. The number of hydrogen-bond donors (Lipinski definition) is 2. The third kappa shape index (κ3) is 4.21. The zero-order valence-corrected chi connectivity index (χ0v) is 18.4. The van der Waals surface area contributed by atoms with Crippen LogP contribution in [0.4, 0.5) is 11.5 Å². The number of hydrogen-bond acceptors (Lipinski definition) is 10. The number of nitrogen functional groups attached to an aromatic ring is 1. The summed E-state index contributed by atoms with van der Waals surface area (Å²) >= 11 is 0. The lowest BCUT2D eigenvalue weighted by molar-refractivity contribution is -0.384. The SMILES string of the molecule is Cc1cc(C)c(/C=N\NC(=O)c2nnn(-c3nonc3N)c2-c2cccc([N+](=O)[O-])c2)c(C)c1. The van der Waals surface area contributed by atoms with Crippen LogP contribution in [0.1, 0.15) is 32.7 Å². The van der Waals surface area contributed by atoms with Crippen molar-refractivity contribution in [3.05, 3.63) is 74.5 Å². The van der Waals surface area contributed by atoms with Gasteiger partial charge in [-0.05, 0) is 42.2 Å². The van der Waals surface area contributed by atoms with Gasteiger partial charge in [0, 0.05) is 23.3 Å². The van der Waals surface area contributed by atoms with Gasteiger partial charge >= 0.3 is 0 Å². The number of nitro benzene ring substituents is 1. The summed E-state index contributed by atoms with van der Waals surface area (Å²) in [6.07, 6.45) is 1.54. The molecular formula is C21H19N9O4. The van der Waals surface area contributed by atoms with Crippen molar-refractivity contribution in [1.29, 1.82) is 0 Å². The number of nitrogens with one attached hydrogen (secondary N) is 1. The van der Waals surface area contributed by atoms with Gasteiger partial charge in [-0.3, -0.25) is 14.9 Å². The Morgan fingerprint density at radius 3 is 2.59 bits per heavy atom. The number of nitro groups is 1. The molecule has 3 N–H and O–H groups in total. The van der Waals surface area contributed by atoms with Crippen LogP contribution in [-0.4, -0.2) is 42.4 Å². The highest BCUT2D eigenvalue weighted by Crippen LogP contribution is 2.29. The van der Waals surface area contributed by atoms with E-state index in [1.807, 2.05) is 32.9 Å². The summed E-state index contributed by atoms with van der Waals surface area (Å²) in [6, 6.07) is 9.65. The van der Waals surface area contributed by atoms with Crippen molar-refractivity contribution in [3.63, 3.8) is 0 Å². The van der Waals surface area contributed by atoms with E-state index in [9.17, 15) is 14.9 Å². The Morgan fingerprint density at radius 1 is 1.21 bits per heavy atom. The maximum absolute atomic E-state index is 13.0. The van der Waals surface area contributed by atoms with E-state index >= 15 is 0 Å². The number of nitrogens with two attached hydrogens (primary N) is 1. The molecule has 0 bridgehead atoms. The normalized spacial score (nSPS) is 11.1. The molecule has 0 aliphatic rings. The lowest BCUT2D eigenvalue weighted by Gasteiger charge is -2.07. The quantitative estimate of drug-likeness (QED) is 0.248. The maximum Gasteiger partial charge on any atom is 0.294 e. The van der Waals surface area contributed by atoms with Crippen molar-refractivity contribution in [2.24, 2.45) is 5.10 Å². The van der Waals surface area contributed by atoms with Gasteiger partial charge in [0.05, 0.1) is 11.1 Å². The minimum Gasteiger partial charge on any atom is -0.378 e. The molecule has 13 heteroatoms. The summed E-state index contributed by atoms with van der Waals surface area (Å²) in [5, 5.41) is 30.4. The van der Waals surface area contributed by atoms with E-state index < -0.39 is 10.8 Å². The molecule has 1 amide bonds. The van der Waals surface area contributed by atoms with Crippen molar-refractivity contribution < 1.29 is 14.3 Å². The first kappa shape index (κ1) is 22.3. The molecule has 0 aliphatic carbocycles. The van der Waals surface area contributed by atoms with Crippen LogP contribution < -0.4 is 11.2 Å². The second kappa shape index (κ2) is 8.90. The second-order valence-corrected chi connectivity index (χ2v) is 7.49. The van der Waals surface area contributed by atoms with Gasteiger partial charge in [0.25, 0.3) is 11.6 Å². The zero-order valence-electron chi connectivity index (χ0n) is 18.4. The van der Waals surface area contributed by atoms with Crippen LogP contribution in [0.25, 0.3) is 17.1 Å². The highest BCUT2D eigenvalue weighted by atomic mass is 16.6. The molecule has 172 valence electrons. The molecule has 4 aromatic rings. The molecule has 34 heavy (non-hydrogen) atoms. The van der Waals surface area contributed by atoms with Gasteiger partial charge in [-0.2, -0.15) is 9.78 Å². The summed E-state index contributed by atoms with van der Waals surface area (Å²) < 4.78 is 5.74. The van der Waals surface area contributed by atoms with Crippen molar-refractivity contribution in [3.8, 4) is 17.1 Å². The van der Waals surface area contributed by atoms with Crippen molar-refractivity contribution >= 4 is 23.6 Å². The first-order valence-electron chi connectivity index (χ1n) is 9.96. The Balaban J connectivity index is 1.73. The Morgan fingerprint density at radius 2 is 1.94 bits per heavy atom. The number of aryl methyl sites for hydroxylation is 3. The van der Waals surface area contributed by atoms with Crippen LogP contribution in [0.5, 0.6) is 0 Å². The number of non-ortho nitro benzene ring substituents is 1. The topological polar surface area (TPSA) is 180 Å². The molecule has 0 saturated heterocycles. The fraction of sp³-hybridized carbons (Fsp3) is 0.143. The van der Waals surface area contributed by atoms with Gasteiger partial charge in [-0.15, -0.1) is 5.10 Å². The van der Waals surface area contributed by atoms with Gasteiger partial charge in [0.2, 0.25) is 11.6 Å². The number of carbonyl (C=O) groups is 1. The fourth-order valence-electron chi connectivity index (χ4n) is 3.55. The minimum absolute atomic E-state index is 0.0255. The summed E-state index contributed by atoms with van der Waals surface area (Å²) in [6.45, 7) is 5.90. The first-order chi connectivity index (χ1) is 16.3. The van der Waals surface area contributed by atoms with E-state index in [0.717, 1.165) is 26.9 Å². The molecule has 0 spiro atoms. The van der Waals surface area contributed by atoms with Crippen LogP contribution in [0.3, 0.4) is 0 Å². The Kier molecular flexibility index (Phi) is 5.82. The monoisotopic (exact) mass is 461 g/mol. The van der Waals surface area contributed by atoms with Crippen LogP contribution in [-0.2, 0) is 0 Å². The number of nitrogens with zero attached hydrogens (tertiary/aromatic N) is 7. The third-order valence-corrected chi connectivity index (χ3v) is 5.01. The molecule has 0 saturated carbocycles. The predicted octanol–water partition coefficient (Wildman–Crippen LogP) is 2.50. The lowest BCUT2D eigenvalue weighted by atomic mass is 10.0. The van der Waals surface area contributed by atoms with E-state index in [1.165, 1.54) is 18.2 Å². The number of carbonyl (C=O) groups excluding carboxylic acids is 1. The van der Waals surface area contributed by atoms with Gasteiger partial charge in [0.1, 0.15) is 5.69 Å². The molecule has 0 radical (unpaired) electrons. The van der Waals surface area contributed by atoms with E-state index in [2.05, 4.69) is 35.8 Å². The Labute approximate surface area is 192 Å². The Bertz CT molecular complexity index is 1410. The maximum atomic E-state index is 13.0. The van der Waals surface area contributed by atoms with Gasteiger partial charge in [0.15, 0.2) is 5.69 Å². The lowest BCUT2D eigenvalue weighted by Crippen LogP contribution is -2.19. The molecule has 0 fully saturated rings. The van der Waals surface area contributed by atoms with Crippen molar-refractivity contribution in [2.75, 3.05) is 5.73 Å². The average molecular weight is 461 g/mol. The van der Waals surface area contributed by atoms with Crippen molar-refractivity contribution in [2.45, 2.75) is 20.8 Å². The highest BCUT2D eigenvalue weighted by Gasteiger charge is 2.26. The summed E-state index contributed by atoms with van der Waals surface area (Å²) in [7, 11) is 0.